The van der Waals surface area contributed by atoms with Gasteiger partial charge in [0.1, 0.15) is 5.82 Å². The summed E-state index contributed by atoms with van der Waals surface area (Å²) in [5.74, 6) is 0.787. The number of rotatable bonds is 4. The molecule has 0 unspecified atom stereocenters. The van der Waals surface area contributed by atoms with Gasteiger partial charge in [0.25, 0.3) is 5.89 Å². The molecule has 4 nitrogen and oxygen atoms in total. The van der Waals surface area contributed by atoms with Crippen molar-refractivity contribution in [3.8, 4) is 11.5 Å². The third-order valence-electron chi connectivity index (χ3n) is 3.17. The van der Waals surface area contributed by atoms with E-state index in [1.807, 2.05) is 31.3 Å². The molecule has 0 aliphatic carbocycles. The zero-order valence-electron chi connectivity index (χ0n) is 11.5. The van der Waals surface area contributed by atoms with Crippen LogP contribution in [-0.2, 0) is 6.42 Å². The first-order chi connectivity index (χ1) is 10.3. The number of aromatic nitrogens is 2. The van der Waals surface area contributed by atoms with Crippen LogP contribution in [-0.4, -0.2) is 17.2 Å². The van der Waals surface area contributed by atoms with Gasteiger partial charge < -0.3 is 9.84 Å². The van der Waals surface area contributed by atoms with E-state index in [9.17, 15) is 4.39 Å². The molecular formula is C16H14FN3O. The summed E-state index contributed by atoms with van der Waals surface area (Å²) in [7, 11) is 1.84. The van der Waals surface area contributed by atoms with E-state index in [2.05, 4.69) is 15.5 Å². The Morgan fingerprint density at radius 2 is 1.86 bits per heavy atom. The maximum Gasteiger partial charge on any atom is 0.260 e. The summed E-state index contributed by atoms with van der Waals surface area (Å²) < 4.78 is 18.2. The molecule has 0 saturated heterocycles. The molecule has 0 fully saturated rings. The lowest BCUT2D eigenvalue weighted by Crippen LogP contribution is -1.93. The van der Waals surface area contributed by atoms with Crippen LogP contribution in [0.4, 0.5) is 10.1 Å². The second-order valence-corrected chi connectivity index (χ2v) is 4.61. The molecule has 0 atom stereocenters. The zero-order valence-corrected chi connectivity index (χ0v) is 11.5. The minimum Gasteiger partial charge on any atom is -0.387 e. The highest BCUT2D eigenvalue weighted by Crippen LogP contribution is 2.26. The van der Waals surface area contributed by atoms with Crippen molar-refractivity contribution in [1.82, 2.24) is 10.1 Å². The second kappa shape index (κ2) is 5.75. The molecule has 0 aliphatic rings. The van der Waals surface area contributed by atoms with Gasteiger partial charge in [-0.1, -0.05) is 29.4 Å². The third-order valence-corrected chi connectivity index (χ3v) is 3.17. The van der Waals surface area contributed by atoms with Gasteiger partial charge in [-0.3, -0.25) is 0 Å². The largest absolute Gasteiger partial charge is 0.387 e. The van der Waals surface area contributed by atoms with Gasteiger partial charge in [0.15, 0.2) is 5.82 Å². The molecule has 3 aromatic rings. The summed E-state index contributed by atoms with van der Waals surface area (Å²) >= 11 is 0. The normalized spacial score (nSPS) is 10.6. The Bertz CT molecular complexity index is 737. The van der Waals surface area contributed by atoms with E-state index in [-0.39, 0.29) is 5.82 Å². The molecule has 0 amide bonds. The van der Waals surface area contributed by atoms with Crippen LogP contribution in [0, 0.1) is 5.82 Å². The summed E-state index contributed by atoms with van der Waals surface area (Å²) in [6.45, 7) is 0. The average molecular weight is 283 g/mol. The van der Waals surface area contributed by atoms with Crippen LogP contribution in [0.2, 0.25) is 0 Å². The molecule has 5 heteroatoms. The van der Waals surface area contributed by atoms with E-state index in [1.54, 1.807) is 12.1 Å². The van der Waals surface area contributed by atoms with Gasteiger partial charge in [-0.2, -0.15) is 4.98 Å². The lowest BCUT2D eigenvalue weighted by atomic mass is 10.1. The van der Waals surface area contributed by atoms with Crippen molar-refractivity contribution in [3.63, 3.8) is 0 Å². The van der Waals surface area contributed by atoms with Crippen LogP contribution in [0.25, 0.3) is 11.5 Å². The highest BCUT2D eigenvalue weighted by molar-refractivity contribution is 5.72. The Kier molecular flexibility index (Phi) is 3.64. The Labute approximate surface area is 121 Å². The molecule has 1 N–H and O–H groups in total. The van der Waals surface area contributed by atoms with E-state index in [0.29, 0.717) is 18.1 Å². The van der Waals surface area contributed by atoms with Crippen molar-refractivity contribution in [2.45, 2.75) is 6.42 Å². The molecule has 106 valence electrons. The topological polar surface area (TPSA) is 51.0 Å². The summed E-state index contributed by atoms with van der Waals surface area (Å²) in [6.07, 6.45) is 0.505. The minimum atomic E-state index is -0.254. The number of benzene rings is 2. The van der Waals surface area contributed by atoms with Crippen LogP contribution >= 0.6 is 0 Å². The van der Waals surface area contributed by atoms with E-state index in [0.717, 1.165) is 16.8 Å². The predicted molar refractivity (Wildman–Crippen MR) is 78.5 cm³/mol. The Morgan fingerprint density at radius 3 is 2.62 bits per heavy atom. The number of anilines is 1. The lowest BCUT2D eigenvalue weighted by Gasteiger charge is -2.03. The average Bonchev–Trinajstić information content (AvgIpc) is 2.98. The van der Waals surface area contributed by atoms with E-state index >= 15 is 0 Å². The van der Waals surface area contributed by atoms with Crippen LogP contribution in [0.5, 0.6) is 0 Å². The zero-order chi connectivity index (χ0) is 14.7. The molecule has 2 aromatic carbocycles. The van der Waals surface area contributed by atoms with Gasteiger partial charge >= 0.3 is 0 Å². The summed E-state index contributed by atoms with van der Waals surface area (Å²) in [6, 6.07) is 14.0. The molecule has 0 bridgehead atoms. The van der Waals surface area contributed by atoms with Gasteiger partial charge in [-0.05, 0) is 29.8 Å². The maximum atomic E-state index is 12.9. The highest BCUT2D eigenvalue weighted by atomic mass is 19.1. The molecule has 1 aromatic heterocycles. The molecular weight excluding hydrogens is 269 g/mol. The van der Waals surface area contributed by atoms with Gasteiger partial charge in [-0.15, -0.1) is 0 Å². The fourth-order valence-electron chi connectivity index (χ4n) is 2.11. The lowest BCUT2D eigenvalue weighted by molar-refractivity contribution is 0.424. The van der Waals surface area contributed by atoms with Crippen molar-refractivity contribution in [1.29, 1.82) is 0 Å². The summed E-state index contributed by atoms with van der Waals surface area (Å²) in [5, 5.41) is 7.07. The number of hydrogen-bond acceptors (Lipinski definition) is 4. The number of nitrogens with zero attached hydrogens (tertiary/aromatic N) is 2. The summed E-state index contributed by atoms with van der Waals surface area (Å²) in [4.78, 5) is 4.40. The first kappa shape index (κ1) is 13.3. The molecule has 21 heavy (non-hydrogen) atoms. The van der Waals surface area contributed by atoms with E-state index in [1.165, 1.54) is 12.1 Å². The summed E-state index contributed by atoms with van der Waals surface area (Å²) in [5.41, 5.74) is 2.72. The van der Waals surface area contributed by atoms with E-state index < -0.39 is 0 Å². The predicted octanol–water partition coefficient (Wildman–Crippen LogP) is 3.51. The van der Waals surface area contributed by atoms with Gasteiger partial charge in [-0.25, -0.2) is 4.39 Å². The first-order valence-corrected chi connectivity index (χ1v) is 6.60. The van der Waals surface area contributed by atoms with Gasteiger partial charge in [0.2, 0.25) is 0 Å². The Morgan fingerprint density at radius 1 is 1.10 bits per heavy atom. The number of para-hydroxylation sites is 1. The minimum absolute atomic E-state index is 0.254. The monoisotopic (exact) mass is 283 g/mol. The van der Waals surface area contributed by atoms with Crippen molar-refractivity contribution < 1.29 is 8.91 Å². The van der Waals surface area contributed by atoms with Crippen molar-refractivity contribution >= 4 is 5.69 Å². The van der Waals surface area contributed by atoms with Crippen LogP contribution in [0.15, 0.2) is 53.1 Å². The molecule has 0 spiro atoms. The van der Waals surface area contributed by atoms with Crippen molar-refractivity contribution in [2.75, 3.05) is 12.4 Å². The molecule has 0 saturated carbocycles. The van der Waals surface area contributed by atoms with Crippen LogP contribution in [0.3, 0.4) is 0 Å². The molecule has 3 rings (SSSR count). The number of nitrogens with one attached hydrogen (secondary N) is 1. The Balaban J connectivity index is 1.84. The fourth-order valence-corrected chi connectivity index (χ4v) is 2.11. The highest BCUT2D eigenvalue weighted by Gasteiger charge is 2.12. The first-order valence-electron chi connectivity index (χ1n) is 6.60. The van der Waals surface area contributed by atoms with Crippen molar-refractivity contribution in [3.05, 3.63) is 65.7 Å². The van der Waals surface area contributed by atoms with Crippen molar-refractivity contribution in [2.24, 2.45) is 0 Å². The Hall–Kier alpha value is -2.69. The smallest absolute Gasteiger partial charge is 0.260 e. The van der Waals surface area contributed by atoms with Gasteiger partial charge in [0.05, 0.1) is 5.56 Å². The van der Waals surface area contributed by atoms with E-state index in [4.69, 9.17) is 4.52 Å². The fraction of sp³-hybridized carbons (Fsp3) is 0.125. The second-order valence-electron chi connectivity index (χ2n) is 4.61. The number of hydrogen-bond donors (Lipinski definition) is 1. The maximum absolute atomic E-state index is 12.9. The SMILES string of the molecule is CNc1ccccc1-c1nc(Cc2ccc(F)cc2)no1. The number of halogens is 1. The third kappa shape index (κ3) is 2.91. The van der Waals surface area contributed by atoms with Gasteiger partial charge in [0, 0.05) is 19.2 Å². The van der Waals surface area contributed by atoms with Crippen LogP contribution < -0.4 is 5.32 Å². The quantitative estimate of drug-likeness (QED) is 0.796. The molecule has 0 radical (unpaired) electrons. The standard InChI is InChI=1S/C16H14FN3O/c1-18-14-5-3-2-4-13(14)16-19-15(20-21-16)10-11-6-8-12(17)9-7-11/h2-9,18H,10H2,1H3. The van der Waals surface area contributed by atoms with Crippen LogP contribution in [0.1, 0.15) is 11.4 Å². The molecule has 0 aliphatic heterocycles. The molecule has 1 heterocycles.